The minimum absolute atomic E-state index is 0.122. The molecule has 0 radical (unpaired) electrons. The van der Waals surface area contributed by atoms with Gasteiger partial charge >= 0.3 is 0 Å². The number of hydrogen-bond donors (Lipinski definition) is 0. The van der Waals surface area contributed by atoms with Crippen molar-refractivity contribution >= 4 is 5.78 Å². The molecule has 0 saturated carbocycles. The number of hydrogen-bond acceptors (Lipinski definition) is 1. The topological polar surface area (TPSA) is 17.1 Å². The Morgan fingerprint density at radius 1 is 1.19 bits per heavy atom. The molecule has 1 nitrogen and oxygen atoms in total. The molecule has 0 heterocycles. The smallest absolute Gasteiger partial charge is 0.133 e. The van der Waals surface area contributed by atoms with Gasteiger partial charge in [-0.1, -0.05) is 42.0 Å². The van der Waals surface area contributed by atoms with Gasteiger partial charge in [0, 0.05) is 5.92 Å². The van der Waals surface area contributed by atoms with E-state index in [2.05, 4.69) is 32.1 Å². The van der Waals surface area contributed by atoms with Crippen molar-refractivity contribution in [2.24, 2.45) is 5.92 Å². The molecule has 0 spiro atoms. The summed E-state index contributed by atoms with van der Waals surface area (Å²) in [5, 5.41) is 0. The molecule has 86 valence electrons. The van der Waals surface area contributed by atoms with Gasteiger partial charge in [-0.2, -0.15) is 0 Å². The SMILES string of the molecule is CC(=O)C(CC=C(C)C)Cc1ccccc1. The Kier molecular flexibility index (Phi) is 4.97. The van der Waals surface area contributed by atoms with Gasteiger partial charge in [0.05, 0.1) is 0 Å². The molecule has 0 aliphatic rings. The molecule has 1 rings (SSSR count). The lowest BCUT2D eigenvalue weighted by atomic mass is 9.92. The normalized spacial score (nSPS) is 11.9. The zero-order valence-corrected chi connectivity index (χ0v) is 10.4. The fourth-order valence-electron chi connectivity index (χ4n) is 1.67. The van der Waals surface area contributed by atoms with Crippen molar-refractivity contribution in [3.05, 3.63) is 47.5 Å². The monoisotopic (exact) mass is 216 g/mol. The summed E-state index contributed by atoms with van der Waals surface area (Å²) in [5.41, 5.74) is 2.52. The molecule has 0 amide bonds. The van der Waals surface area contributed by atoms with Gasteiger partial charge in [0.15, 0.2) is 0 Å². The Morgan fingerprint density at radius 2 is 1.81 bits per heavy atom. The lowest BCUT2D eigenvalue weighted by Crippen LogP contribution is -2.13. The molecular weight excluding hydrogens is 196 g/mol. The van der Waals surface area contributed by atoms with E-state index in [-0.39, 0.29) is 11.7 Å². The van der Waals surface area contributed by atoms with Crippen molar-refractivity contribution in [1.29, 1.82) is 0 Å². The van der Waals surface area contributed by atoms with Crippen LogP contribution in [0.3, 0.4) is 0 Å². The highest BCUT2D eigenvalue weighted by molar-refractivity contribution is 5.78. The number of allylic oxidation sites excluding steroid dienone is 2. The van der Waals surface area contributed by atoms with Crippen LogP contribution in [0.2, 0.25) is 0 Å². The van der Waals surface area contributed by atoms with Crippen LogP contribution in [0, 0.1) is 5.92 Å². The summed E-state index contributed by atoms with van der Waals surface area (Å²) in [6.45, 7) is 5.83. The van der Waals surface area contributed by atoms with Crippen molar-refractivity contribution in [3.8, 4) is 0 Å². The van der Waals surface area contributed by atoms with Gasteiger partial charge in [0.2, 0.25) is 0 Å². The molecule has 1 heteroatoms. The Labute approximate surface area is 98.2 Å². The Bertz CT molecular complexity index is 358. The fraction of sp³-hybridized carbons (Fsp3) is 0.400. The highest BCUT2D eigenvalue weighted by atomic mass is 16.1. The summed E-state index contributed by atoms with van der Waals surface area (Å²) < 4.78 is 0. The zero-order valence-electron chi connectivity index (χ0n) is 10.4. The second kappa shape index (κ2) is 6.26. The van der Waals surface area contributed by atoms with Crippen LogP contribution in [0.1, 0.15) is 32.8 Å². The second-order valence-corrected chi connectivity index (χ2v) is 4.51. The number of carbonyl (C=O) groups excluding carboxylic acids is 1. The molecule has 0 N–H and O–H groups in total. The Balaban J connectivity index is 2.66. The maximum Gasteiger partial charge on any atom is 0.133 e. The number of benzene rings is 1. The van der Waals surface area contributed by atoms with Gasteiger partial charge in [-0.3, -0.25) is 4.79 Å². The van der Waals surface area contributed by atoms with E-state index >= 15 is 0 Å². The molecule has 1 atom stereocenters. The maximum atomic E-state index is 11.5. The van der Waals surface area contributed by atoms with Crippen LogP contribution in [0.5, 0.6) is 0 Å². The van der Waals surface area contributed by atoms with Crippen LogP contribution in [0.25, 0.3) is 0 Å². The first-order valence-corrected chi connectivity index (χ1v) is 5.77. The molecule has 0 fully saturated rings. The molecule has 1 aromatic carbocycles. The van der Waals surface area contributed by atoms with Crippen LogP contribution in [0.15, 0.2) is 42.0 Å². The van der Waals surface area contributed by atoms with Crippen molar-refractivity contribution in [3.63, 3.8) is 0 Å². The number of rotatable bonds is 5. The quantitative estimate of drug-likeness (QED) is 0.684. The van der Waals surface area contributed by atoms with Crippen molar-refractivity contribution in [2.45, 2.75) is 33.6 Å². The molecular formula is C15H20O. The van der Waals surface area contributed by atoms with E-state index in [1.807, 2.05) is 18.2 Å². The minimum atomic E-state index is 0.122. The molecule has 0 aromatic heterocycles. The van der Waals surface area contributed by atoms with Gasteiger partial charge < -0.3 is 0 Å². The van der Waals surface area contributed by atoms with Crippen molar-refractivity contribution < 1.29 is 4.79 Å². The van der Waals surface area contributed by atoms with E-state index in [0.717, 1.165) is 12.8 Å². The predicted molar refractivity (Wildman–Crippen MR) is 68.4 cm³/mol. The summed E-state index contributed by atoms with van der Waals surface area (Å²) >= 11 is 0. The Hall–Kier alpha value is -1.37. The van der Waals surface area contributed by atoms with Crippen molar-refractivity contribution in [2.75, 3.05) is 0 Å². The first-order chi connectivity index (χ1) is 7.59. The third-order valence-electron chi connectivity index (χ3n) is 2.71. The third kappa shape index (κ3) is 4.43. The van der Waals surface area contributed by atoms with E-state index in [1.54, 1.807) is 6.92 Å². The van der Waals surface area contributed by atoms with Crippen molar-refractivity contribution in [1.82, 2.24) is 0 Å². The summed E-state index contributed by atoms with van der Waals surface area (Å²) in [7, 11) is 0. The van der Waals surface area contributed by atoms with E-state index in [4.69, 9.17) is 0 Å². The first-order valence-electron chi connectivity index (χ1n) is 5.77. The predicted octanol–water partition coefficient (Wildman–Crippen LogP) is 3.79. The summed E-state index contributed by atoms with van der Waals surface area (Å²) in [6.07, 6.45) is 3.85. The Morgan fingerprint density at radius 3 is 2.31 bits per heavy atom. The summed E-state index contributed by atoms with van der Waals surface area (Å²) in [4.78, 5) is 11.5. The van der Waals surface area contributed by atoms with E-state index < -0.39 is 0 Å². The van der Waals surface area contributed by atoms with Gasteiger partial charge in [0.1, 0.15) is 5.78 Å². The van der Waals surface area contributed by atoms with Crippen LogP contribution in [0.4, 0.5) is 0 Å². The average molecular weight is 216 g/mol. The van der Waals surface area contributed by atoms with Gasteiger partial charge in [-0.15, -0.1) is 0 Å². The number of carbonyl (C=O) groups is 1. The number of ketones is 1. The molecule has 16 heavy (non-hydrogen) atoms. The van der Waals surface area contributed by atoms with Gasteiger partial charge in [-0.05, 0) is 39.2 Å². The molecule has 0 saturated heterocycles. The molecule has 0 aliphatic carbocycles. The third-order valence-corrected chi connectivity index (χ3v) is 2.71. The van der Waals surface area contributed by atoms with Gasteiger partial charge in [0.25, 0.3) is 0 Å². The van der Waals surface area contributed by atoms with E-state index in [1.165, 1.54) is 11.1 Å². The standard InChI is InChI=1S/C15H20O/c1-12(2)9-10-15(13(3)16)11-14-7-5-4-6-8-14/h4-9,15H,10-11H2,1-3H3. The molecule has 0 aliphatic heterocycles. The first kappa shape index (κ1) is 12.7. The van der Waals surface area contributed by atoms with Gasteiger partial charge in [-0.25, -0.2) is 0 Å². The largest absolute Gasteiger partial charge is 0.300 e. The molecule has 1 unspecified atom stereocenters. The number of Topliss-reactive ketones (excluding diaryl/α,β-unsaturated/α-hetero) is 1. The molecule has 1 aromatic rings. The maximum absolute atomic E-state index is 11.5. The highest BCUT2D eigenvalue weighted by Crippen LogP contribution is 2.15. The minimum Gasteiger partial charge on any atom is -0.300 e. The highest BCUT2D eigenvalue weighted by Gasteiger charge is 2.13. The second-order valence-electron chi connectivity index (χ2n) is 4.51. The average Bonchev–Trinajstić information content (AvgIpc) is 2.25. The van der Waals surface area contributed by atoms with Crippen LogP contribution in [-0.4, -0.2) is 5.78 Å². The van der Waals surface area contributed by atoms with Crippen LogP contribution < -0.4 is 0 Å². The summed E-state index contributed by atoms with van der Waals surface area (Å²) in [6, 6.07) is 10.2. The van der Waals surface area contributed by atoms with Crippen LogP contribution in [-0.2, 0) is 11.2 Å². The van der Waals surface area contributed by atoms with E-state index in [0.29, 0.717) is 0 Å². The van der Waals surface area contributed by atoms with E-state index in [9.17, 15) is 4.79 Å². The van der Waals surface area contributed by atoms with Crippen LogP contribution >= 0.6 is 0 Å². The fourth-order valence-corrected chi connectivity index (χ4v) is 1.67. The zero-order chi connectivity index (χ0) is 12.0. The lowest BCUT2D eigenvalue weighted by molar-refractivity contribution is -0.120. The molecule has 0 bridgehead atoms. The lowest BCUT2D eigenvalue weighted by Gasteiger charge is -2.11. The summed E-state index contributed by atoms with van der Waals surface area (Å²) in [5.74, 6) is 0.402.